The zero-order valence-corrected chi connectivity index (χ0v) is 7.93. The van der Waals surface area contributed by atoms with E-state index in [4.69, 9.17) is 12.3 Å². The number of hydrogen-bond donors (Lipinski definition) is 0. The molecule has 76 valence electrons. The fourth-order valence-electron chi connectivity index (χ4n) is 1.04. The van der Waals surface area contributed by atoms with E-state index in [1.807, 2.05) is 0 Å². The molecule has 0 bridgehead atoms. The lowest BCUT2D eigenvalue weighted by molar-refractivity contribution is 0.953. The van der Waals surface area contributed by atoms with Gasteiger partial charge in [0, 0.05) is 20.6 Å². The zero-order chi connectivity index (χ0) is 18.6. The summed E-state index contributed by atoms with van der Waals surface area (Å²) < 4.78 is 70.3. The smallest absolute Gasteiger partial charge is 0.255 e. The van der Waals surface area contributed by atoms with E-state index in [-0.39, 0.29) is 5.56 Å². The molecule has 2 nitrogen and oxygen atoms in total. The zero-order valence-electron chi connectivity index (χ0n) is 16.9. The van der Waals surface area contributed by atoms with Gasteiger partial charge in [0.05, 0.1) is 9.60 Å². The molecule has 0 radical (unpaired) electrons. The molecule has 0 aliphatic carbocycles. The number of aryl methyl sites for hydroxylation is 1. The molecular weight excluding hydrogens is 186 g/mol. The van der Waals surface area contributed by atoms with Gasteiger partial charge in [0.15, 0.2) is 0 Å². The lowest BCUT2D eigenvalue weighted by atomic mass is 10.2. The van der Waals surface area contributed by atoms with Crippen LogP contribution in [0.25, 0.3) is 5.69 Å². The third-order valence-corrected chi connectivity index (χ3v) is 1.76. The third-order valence-electron chi connectivity index (χ3n) is 1.76. The first-order valence-corrected chi connectivity index (χ1v) is 4.20. The first kappa shape index (κ1) is 3.63. The average Bonchev–Trinajstić information content (AvgIpc) is 2.49. The van der Waals surface area contributed by atoms with E-state index in [1.165, 1.54) is 0 Å². The molecule has 2 rings (SSSR count). The third kappa shape index (κ3) is 1.99. The molecule has 0 atom stereocenters. The average molecular weight is 208 g/mol. The topological polar surface area (TPSA) is 22.0 Å². The number of para-hydroxylation sites is 1. The second kappa shape index (κ2) is 4.13. The Kier molecular flexibility index (Phi) is 1.00. The molecule has 0 aliphatic heterocycles. The van der Waals surface area contributed by atoms with Crippen LogP contribution >= 0.6 is 0 Å². The van der Waals surface area contributed by atoms with Gasteiger partial charge < -0.3 is 0 Å². The van der Waals surface area contributed by atoms with Gasteiger partial charge in [-0.1, -0.05) is 31.1 Å². The lowest BCUT2D eigenvalue weighted by Crippen LogP contribution is -2.16. The monoisotopic (exact) mass is 208 g/mol. The summed E-state index contributed by atoms with van der Waals surface area (Å²) in [7, 11) is 0. The second-order valence-corrected chi connectivity index (χ2v) is 2.68. The van der Waals surface area contributed by atoms with Crippen LogP contribution in [-0.4, -0.2) is 4.57 Å². The molecule has 2 aromatic rings. The van der Waals surface area contributed by atoms with Gasteiger partial charge in [-0.2, -0.15) is 0 Å². The van der Waals surface area contributed by atoms with Crippen molar-refractivity contribution in [3.8, 4) is 5.69 Å². The summed E-state index contributed by atoms with van der Waals surface area (Å²) in [6.45, 7) is 1.14. The molecule has 0 amide bonds. The summed E-state index contributed by atoms with van der Waals surface area (Å²) in [4.78, 5) is 12.3. The molecule has 0 N–H and O–H groups in total. The molecule has 1 aromatic carbocycles. The Morgan fingerprint density at radius 2 is 2.07 bits per heavy atom. The van der Waals surface area contributed by atoms with Crippen LogP contribution in [0, 0.1) is 0 Å². The van der Waals surface area contributed by atoms with E-state index in [1.54, 1.807) is 0 Å². The summed E-state index contributed by atoms with van der Waals surface area (Å²) in [6.07, 6.45) is -2.72. The number of aromatic nitrogens is 1. The van der Waals surface area contributed by atoms with Crippen LogP contribution in [0.5, 0.6) is 0 Å². The van der Waals surface area contributed by atoms with Crippen molar-refractivity contribution in [3.63, 3.8) is 0 Å². The molecule has 0 fully saturated rings. The van der Waals surface area contributed by atoms with Gasteiger partial charge >= 0.3 is 0 Å². The fraction of sp³-hybridized carbons (Fsp3) is 0.154. The molecule has 1 aromatic heterocycles. The van der Waals surface area contributed by atoms with E-state index in [0.717, 1.165) is 13.0 Å². The molecular formula is C13H13NO. The number of hydrogen-bond acceptors (Lipinski definition) is 1. The normalized spacial score (nSPS) is 19.7. The SMILES string of the molecule is [2H]c1c([2H])c([2H])c(-n2c([2H])c(C([2H])([2H])C)cc([2H])c2=O)c([2H])c1[2H]. The highest BCUT2D eigenvalue weighted by Crippen LogP contribution is 2.05. The van der Waals surface area contributed by atoms with E-state index in [9.17, 15) is 4.79 Å². The first-order chi connectivity index (χ1) is 10.9. The Balaban J connectivity index is 3.05. The van der Waals surface area contributed by atoms with E-state index in [2.05, 4.69) is 0 Å². The molecule has 1 heterocycles. The lowest BCUT2D eigenvalue weighted by Gasteiger charge is -2.06. The predicted octanol–water partition coefficient (Wildman–Crippen LogP) is 2.40. The molecule has 0 spiro atoms. The summed E-state index contributed by atoms with van der Waals surface area (Å²) in [5.74, 6) is 0. The van der Waals surface area contributed by atoms with E-state index in [0.29, 0.717) is 4.57 Å². The Morgan fingerprint density at radius 3 is 2.73 bits per heavy atom. The highest BCUT2D eigenvalue weighted by atomic mass is 16.1. The maximum atomic E-state index is 12.3. The Hall–Kier alpha value is -1.83. The Labute approximate surface area is 101 Å². The van der Waals surface area contributed by atoms with Crippen molar-refractivity contribution >= 4 is 0 Å². The molecule has 0 saturated heterocycles. The maximum Gasteiger partial charge on any atom is 0.255 e. The summed E-state index contributed by atoms with van der Waals surface area (Å²) >= 11 is 0. The number of benzene rings is 1. The van der Waals surface area contributed by atoms with Gasteiger partial charge in [0.25, 0.3) is 5.56 Å². The first-order valence-electron chi connectivity index (χ1n) is 8.70. The fourth-order valence-corrected chi connectivity index (χ4v) is 1.04. The highest BCUT2D eigenvalue weighted by Gasteiger charge is 1.99. The standard InChI is InChI=1S/C13H13NO/c1-2-11-8-9-13(15)14(10-11)12-6-4-3-5-7-12/h3-10H,2H2,1H3/i2D2,3D,4D,5D,6D,7D,9D,10D. The summed E-state index contributed by atoms with van der Waals surface area (Å²) in [5, 5.41) is 0. The molecule has 0 unspecified atom stereocenters. The van der Waals surface area contributed by atoms with Gasteiger partial charge in [-0.05, 0) is 24.0 Å². The molecule has 2 heteroatoms. The highest BCUT2D eigenvalue weighted by molar-refractivity contribution is 5.32. The van der Waals surface area contributed by atoms with Crippen LogP contribution in [0.4, 0.5) is 0 Å². The van der Waals surface area contributed by atoms with E-state index < -0.39 is 60.0 Å². The number of nitrogens with zero attached hydrogens (tertiary/aromatic N) is 1. The van der Waals surface area contributed by atoms with Gasteiger partial charge in [0.1, 0.15) is 0 Å². The van der Waals surface area contributed by atoms with E-state index >= 15 is 0 Å². The van der Waals surface area contributed by atoms with Crippen LogP contribution < -0.4 is 5.56 Å². The van der Waals surface area contributed by atoms with Crippen molar-refractivity contribution in [2.45, 2.75) is 13.3 Å². The predicted molar refractivity (Wildman–Crippen MR) is 61.4 cm³/mol. The minimum atomic E-state index is -2.06. The Morgan fingerprint density at radius 1 is 1.33 bits per heavy atom. The molecule has 15 heavy (non-hydrogen) atoms. The van der Waals surface area contributed by atoms with Crippen LogP contribution in [0.2, 0.25) is 0 Å². The van der Waals surface area contributed by atoms with Crippen LogP contribution in [-0.2, 0) is 6.37 Å². The van der Waals surface area contributed by atoms with Crippen molar-refractivity contribution in [1.29, 1.82) is 0 Å². The van der Waals surface area contributed by atoms with Gasteiger partial charge in [0.2, 0.25) is 0 Å². The summed E-state index contributed by atoms with van der Waals surface area (Å²) in [6, 6.07) is -3.16. The maximum absolute atomic E-state index is 12.3. The number of rotatable bonds is 2. The molecule has 0 saturated carbocycles. The molecule has 0 aliphatic rings. The van der Waals surface area contributed by atoms with Gasteiger partial charge in [-0.15, -0.1) is 0 Å². The minimum Gasteiger partial charge on any atom is -0.284 e. The van der Waals surface area contributed by atoms with Crippen LogP contribution in [0.15, 0.2) is 53.3 Å². The van der Waals surface area contributed by atoms with Crippen molar-refractivity contribution in [1.82, 2.24) is 4.57 Å². The quantitative estimate of drug-likeness (QED) is 0.742. The second-order valence-electron chi connectivity index (χ2n) is 2.68. The van der Waals surface area contributed by atoms with Crippen molar-refractivity contribution in [2.24, 2.45) is 0 Å². The van der Waals surface area contributed by atoms with Crippen molar-refractivity contribution < 1.29 is 12.3 Å². The number of pyridine rings is 1. The van der Waals surface area contributed by atoms with Gasteiger partial charge in [-0.25, -0.2) is 0 Å². The largest absolute Gasteiger partial charge is 0.284 e. The Bertz CT molecular complexity index is 869. The van der Waals surface area contributed by atoms with Gasteiger partial charge in [-0.3, -0.25) is 9.36 Å². The van der Waals surface area contributed by atoms with Crippen LogP contribution in [0.1, 0.15) is 24.8 Å². The van der Waals surface area contributed by atoms with Crippen molar-refractivity contribution in [3.05, 3.63) is 64.4 Å². The summed E-state index contributed by atoms with van der Waals surface area (Å²) in [5.41, 5.74) is -1.93. The minimum absolute atomic E-state index is 0.293. The van der Waals surface area contributed by atoms with Crippen LogP contribution in [0.3, 0.4) is 0 Å². The van der Waals surface area contributed by atoms with Crippen molar-refractivity contribution in [2.75, 3.05) is 0 Å².